The van der Waals surface area contributed by atoms with E-state index in [4.69, 9.17) is 4.74 Å². The van der Waals surface area contributed by atoms with Crippen molar-refractivity contribution < 1.29 is 14.3 Å². The summed E-state index contributed by atoms with van der Waals surface area (Å²) in [6, 6.07) is 3.31. The first-order valence-corrected chi connectivity index (χ1v) is 6.10. The van der Waals surface area contributed by atoms with E-state index in [2.05, 4.69) is 4.98 Å². The van der Waals surface area contributed by atoms with Gasteiger partial charge in [0.15, 0.2) is 5.78 Å². The van der Waals surface area contributed by atoms with Gasteiger partial charge >= 0.3 is 0 Å². The Morgan fingerprint density at radius 1 is 1.21 bits per heavy atom. The Bertz CT molecular complexity index is 713. The van der Waals surface area contributed by atoms with Gasteiger partial charge in [0.05, 0.1) is 30.4 Å². The number of epoxide rings is 1. The van der Waals surface area contributed by atoms with Crippen LogP contribution in [0.4, 0.5) is 0 Å². The van der Waals surface area contributed by atoms with Crippen molar-refractivity contribution in [1.29, 1.82) is 0 Å². The van der Waals surface area contributed by atoms with Gasteiger partial charge in [0.25, 0.3) is 0 Å². The van der Waals surface area contributed by atoms with Gasteiger partial charge in [-0.1, -0.05) is 0 Å². The van der Waals surface area contributed by atoms with Gasteiger partial charge in [-0.25, -0.2) is 0 Å². The van der Waals surface area contributed by atoms with E-state index in [0.717, 1.165) is 0 Å². The quantitative estimate of drug-likeness (QED) is 0.641. The number of rotatable bonds is 2. The Morgan fingerprint density at radius 3 is 2.84 bits per heavy atom. The van der Waals surface area contributed by atoms with Gasteiger partial charge in [-0.3, -0.25) is 14.6 Å². The number of carbonyl (C=O) groups excluding carboxylic acids is 2. The second-order valence-corrected chi connectivity index (χ2v) is 4.77. The topological polar surface area (TPSA) is 64.5 Å². The Kier molecular flexibility index (Phi) is 2.02. The molecule has 1 aliphatic heterocycles. The van der Waals surface area contributed by atoms with Crippen LogP contribution in [0.15, 0.2) is 30.7 Å². The molecule has 0 amide bonds. The molecule has 19 heavy (non-hydrogen) atoms. The maximum absolute atomic E-state index is 12.5. The second kappa shape index (κ2) is 3.61. The van der Waals surface area contributed by atoms with Gasteiger partial charge in [-0.05, 0) is 12.1 Å². The molecule has 3 heterocycles. The number of carbonyl (C=O) groups is 2. The number of hydrogen-bond donors (Lipinski definition) is 0. The molecule has 4 rings (SSSR count). The van der Waals surface area contributed by atoms with Crippen molar-refractivity contribution >= 4 is 11.6 Å². The highest BCUT2D eigenvalue weighted by Crippen LogP contribution is 2.28. The first-order valence-electron chi connectivity index (χ1n) is 6.10. The Balaban J connectivity index is 1.88. The van der Waals surface area contributed by atoms with Crippen LogP contribution in [0.2, 0.25) is 0 Å². The third-order valence-corrected chi connectivity index (χ3v) is 3.54. The first kappa shape index (κ1) is 10.6. The summed E-state index contributed by atoms with van der Waals surface area (Å²) in [6.45, 7) is 1.33. The van der Waals surface area contributed by atoms with Crippen molar-refractivity contribution in [3.8, 4) is 0 Å². The molecule has 0 aromatic carbocycles. The Morgan fingerprint density at radius 2 is 2.05 bits per heavy atom. The molecule has 0 bridgehead atoms. The minimum absolute atomic E-state index is 0.109. The van der Waals surface area contributed by atoms with E-state index >= 15 is 0 Å². The molecule has 5 heteroatoms. The highest BCUT2D eigenvalue weighted by molar-refractivity contribution is 6.27. The Labute approximate surface area is 108 Å². The number of fused-ring (bicyclic) bond motifs is 2. The SMILES string of the molecule is O=C1c2ccncc2C(=O)c2c1ccn2CC1CO1. The summed E-state index contributed by atoms with van der Waals surface area (Å²) in [7, 11) is 0. The van der Waals surface area contributed by atoms with Crippen molar-refractivity contribution in [2.75, 3.05) is 6.61 Å². The molecular weight excluding hydrogens is 244 g/mol. The van der Waals surface area contributed by atoms with Crippen LogP contribution in [0.5, 0.6) is 0 Å². The van der Waals surface area contributed by atoms with Crippen LogP contribution in [0.3, 0.4) is 0 Å². The lowest BCUT2D eigenvalue weighted by atomic mass is 9.89. The van der Waals surface area contributed by atoms with Crippen molar-refractivity contribution in [1.82, 2.24) is 9.55 Å². The molecule has 1 atom stereocenters. The number of ether oxygens (including phenoxy) is 1. The average molecular weight is 254 g/mol. The molecule has 0 radical (unpaired) electrons. The van der Waals surface area contributed by atoms with Gasteiger partial charge in [0, 0.05) is 24.2 Å². The zero-order valence-electron chi connectivity index (χ0n) is 10.00. The summed E-state index contributed by atoms with van der Waals surface area (Å²) >= 11 is 0. The summed E-state index contributed by atoms with van der Waals surface area (Å²) in [5, 5.41) is 0. The highest BCUT2D eigenvalue weighted by Gasteiger charge is 2.34. The summed E-state index contributed by atoms with van der Waals surface area (Å²) in [4.78, 5) is 28.8. The molecule has 2 aromatic heterocycles. The van der Waals surface area contributed by atoms with E-state index in [1.807, 2.05) is 4.57 Å². The standard InChI is InChI=1S/C14H10N2O3/c17-13-9-1-3-15-5-11(9)14(18)12-10(13)2-4-16(12)6-8-7-19-8/h1-5,8H,6-7H2. The van der Waals surface area contributed by atoms with Crippen molar-refractivity contribution in [2.24, 2.45) is 0 Å². The lowest BCUT2D eigenvalue weighted by molar-refractivity contribution is 0.0972. The second-order valence-electron chi connectivity index (χ2n) is 4.77. The van der Waals surface area contributed by atoms with E-state index in [9.17, 15) is 9.59 Å². The van der Waals surface area contributed by atoms with Gasteiger partial charge in [0.2, 0.25) is 5.78 Å². The van der Waals surface area contributed by atoms with E-state index < -0.39 is 0 Å². The van der Waals surface area contributed by atoms with E-state index in [1.165, 1.54) is 12.4 Å². The van der Waals surface area contributed by atoms with E-state index in [-0.39, 0.29) is 17.7 Å². The number of hydrogen-bond acceptors (Lipinski definition) is 4. The van der Waals surface area contributed by atoms with Gasteiger partial charge in [-0.2, -0.15) is 0 Å². The summed E-state index contributed by atoms with van der Waals surface area (Å²) in [5.74, 6) is -0.245. The van der Waals surface area contributed by atoms with Crippen LogP contribution in [0.1, 0.15) is 32.0 Å². The molecule has 1 aliphatic carbocycles. The summed E-state index contributed by atoms with van der Waals surface area (Å²) < 4.78 is 6.98. The number of ketones is 2. The summed E-state index contributed by atoms with van der Waals surface area (Å²) in [5.41, 5.74) is 1.76. The molecule has 2 aliphatic rings. The average Bonchev–Trinajstić information content (AvgIpc) is 3.14. The molecule has 1 saturated heterocycles. The fourth-order valence-electron chi connectivity index (χ4n) is 2.50. The smallest absolute Gasteiger partial charge is 0.212 e. The van der Waals surface area contributed by atoms with Gasteiger partial charge < -0.3 is 9.30 Å². The fraction of sp³-hybridized carbons (Fsp3) is 0.214. The molecule has 1 fully saturated rings. The number of aromatic nitrogens is 2. The number of nitrogens with zero attached hydrogens (tertiary/aromatic N) is 2. The minimum Gasteiger partial charge on any atom is -0.371 e. The van der Waals surface area contributed by atoms with E-state index in [0.29, 0.717) is 35.5 Å². The van der Waals surface area contributed by atoms with Crippen molar-refractivity contribution in [3.63, 3.8) is 0 Å². The molecule has 0 saturated carbocycles. The van der Waals surface area contributed by atoms with Crippen LogP contribution in [0.25, 0.3) is 0 Å². The predicted octanol–water partition coefficient (Wildman–Crippen LogP) is 1.06. The van der Waals surface area contributed by atoms with Crippen LogP contribution < -0.4 is 0 Å². The van der Waals surface area contributed by atoms with Crippen LogP contribution in [0, 0.1) is 0 Å². The van der Waals surface area contributed by atoms with Crippen molar-refractivity contribution in [3.05, 3.63) is 53.1 Å². The molecular formula is C14H10N2O3. The Hall–Kier alpha value is -2.27. The van der Waals surface area contributed by atoms with Gasteiger partial charge in [0.1, 0.15) is 5.69 Å². The number of pyridine rings is 1. The van der Waals surface area contributed by atoms with Crippen LogP contribution in [-0.4, -0.2) is 33.8 Å². The molecule has 94 valence electrons. The molecule has 1 unspecified atom stereocenters. The molecule has 0 spiro atoms. The van der Waals surface area contributed by atoms with Gasteiger partial charge in [-0.15, -0.1) is 0 Å². The normalized spacial score (nSPS) is 20.1. The first-order chi connectivity index (χ1) is 9.25. The third-order valence-electron chi connectivity index (χ3n) is 3.54. The maximum Gasteiger partial charge on any atom is 0.212 e. The largest absolute Gasteiger partial charge is 0.371 e. The maximum atomic E-state index is 12.5. The highest BCUT2D eigenvalue weighted by atomic mass is 16.6. The lowest BCUT2D eigenvalue weighted by Gasteiger charge is -2.16. The van der Waals surface area contributed by atoms with Crippen LogP contribution in [-0.2, 0) is 11.3 Å². The zero-order valence-corrected chi connectivity index (χ0v) is 10.00. The van der Waals surface area contributed by atoms with E-state index in [1.54, 1.807) is 18.3 Å². The van der Waals surface area contributed by atoms with Crippen molar-refractivity contribution in [2.45, 2.75) is 12.6 Å². The predicted molar refractivity (Wildman–Crippen MR) is 65.3 cm³/mol. The van der Waals surface area contributed by atoms with Crippen LogP contribution >= 0.6 is 0 Å². The summed E-state index contributed by atoms with van der Waals surface area (Å²) in [6.07, 6.45) is 4.93. The fourth-order valence-corrected chi connectivity index (χ4v) is 2.50. The lowest BCUT2D eigenvalue weighted by Crippen LogP contribution is -2.23. The minimum atomic E-state index is -0.136. The molecule has 0 N–H and O–H groups in total. The zero-order chi connectivity index (χ0) is 13.0. The molecule has 5 nitrogen and oxygen atoms in total. The third kappa shape index (κ3) is 1.48. The molecule has 2 aromatic rings. The monoisotopic (exact) mass is 254 g/mol.